The molecule has 2 rings (SSSR count). The fourth-order valence-electron chi connectivity index (χ4n) is 1.49. The number of aromatic nitrogens is 3. The largest absolute Gasteiger partial charge is 0.377 e. The van der Waals surface area contributed by atoms with Crippen molar-refractivity contribution in [3.63, 3.8) is 0 Å². The number of hydrogen-bond acceptors (Lipinski definition) is 4. The highest BCUT2D eigenvalue weighted by atomic mass is 35.5. The zero-order chi connectivity index (χ0) is 12.1. The molecule has 0 atom stereocenters. The fourth-order valence-corrected chi connectivity index (χ4v) is 1.71. The average Bonchev–Trinajstić information content (AvgIpc) is 2.30. The third kappa shape index (κ3) is 3.47. The van der Waals surface area contributed by atoms with Gasteiger partial charge >= 0.3 is 0 Å². The van der Waals surface area contributed by atoms with E-state index in [0.29, 0.717) is 24.0 Å². The van der Waals surface area contributed by atoms with E-state index in [2.05, 4.69) is 15.0 Å². The molecular weight excluding hydrogens is 238 g/mol. The second-order valence-corrected chi connectivity index (χ2v) is 3.92. The van der Waals surface area contributed by atoms with Gasteiger partial charge in [0.2, 0.25) is 0 Å². The zero-order valence-electron chi connectivity index (χ0n) is 9.43. The summed E-state index contributed by atoms with van der Waals surface area (Å²) in [6, 6.07) is 7.52. The zero-order valence-corrected chi connectivity index (χ0v) is 10.2. The van der Waals surface area contributed by atoms with E-state index in [0.717, 1.165) is 11.4 Å². The second kappa shape index (κ2) is 5.70. The average molecular weight is 250 g/mol. The lowest BCUT2D eigenvalue weighted by atomic mass is 10.2. The van der Waals surface area contributed by atoms with Crippen molar-refractivity contribution >= 4 is 11.6 Å². The first-order valence-corrected chi connectivity index (χ1v) is 5.57. The molecule has 88 valence electrons. The van der Waals surface area contributed by atoms with Gasteiger partial charge in [-0.1, -0.05) is 17.7 Å². The van der Waals surface area contributed by atoms with Crippen molar-refractivity contribution < 1.29 is 4.74 Å². The Morgan fingerprint density at radius 2 is 2.12 bits per heavy atom. The van der Waals surface area contributed by atoms with Crippen LogP contribution in [0.1, 0.15) is 17.2 Å². The Morgan fingerprint density at radius 1 is 1.24 bits per heavy atom. The van der Waals surface area contributed by atoms with Crippen molar-refractivity contribution in [2.24, 2.45) is 0 Å². The molecule has 2 aromatic rings. The van der Waals surface area contributed by atoms with E-state index in [9.17, 15) is 0 Å². The molecule has 4 nitrogen and oxygen atoms in total. The van der Waals surface area contributed by atoms with Crippen LogP contribution >= 0.6 is 11.6 Å². The standard InChI is InChI=1S/C12H12ClN3O/c1-17-8-12-15-10(7-11(13)16-12)6-9-4-2-3-5-14-9/h2-5,7H,6,8H2,1H3. The highest BCUT2D eigenvalue weighted by molar-refractivity contribution is 6.29. The van der Waals surface area contributed by atoms with Crippen LogP contribution in [0.15, 0.2) is 30.5 Å². The van der Waals surface area contributed by atoms with Crippen LogP contribution in [0.25, 0.3) is 0 Å². The maximum Gasteiger partial charge on any atom is 0.155 e. The molecule has 0 saturated heterocycles. The van der Waals surface area contributed by atoms with Gasteiger partial charge < -0.3 is 4.74 Å². The van der Waals surface area contributed by atoms with Crippen molar-refractivity contribution in [3.05, 3.63) is 52.8 Å². The first-order valence-electron chi connectivity index (χ1n) is 5.19. The highest BCUT2D eigenvalue weighted by Gasteiger charge is 2.04. The second-order valence-electron chi connectivity index (χ2n) is 3.53. The first-order chi connectivity index (χ1) is 8.28. The molecule has 2 aromatic heterocycles. The van der Waals surface area contributed by atoms with Crippen molar-refractivity contribution in [3.8, 4) is 0 Å². The van der Waals surface area contributed by atoms with Gasteiger partial charge in [-0.2, -0.15) is 0 Å². The van der Waals surface area contributed by atoms with E-state index in [1.165, 1.54) is 0 Å². The normalized spacial score (nSPS) is 10.5. The molecule has 17 heavy (non-hydrogen) atoms. The van der Waals surface area contributed by atoms with Gasteiger partial charge in [0.05, 0.1) is 5.69 Å². The van der Waals surface area contributed by atoms with Crippen LogP contribution in [0, 0.1) is 0 Å². The maximum atomic E-state index is 5.92. The van der Waals surface area contributed by atoms with Gasteiger partial charge in [-0.25, -0.2) is 9.97 Å². The lowest BCUT2D eigenvalue weighted by molar-refractivity contribution is 0.177. The molecule has 0 fully saturated rings. The predicted molar refractivity (Wildman–Crippen MR) is 64.8 cm³/mol. The number of pyridine rings is 1. The Balaban J connectivity index is 2.21. The molecule has 0 aliphatic heterocycles. The van der Waals surface area contributed by atoms with Crippen LogP contribution < -0.4 is 0 Å². The Labute approximate surface area is 105 Å². The van der Waals surface area contributed by atoms with Crippen LogP contribution in [0.2, 0.25) is 5.15 Å². The number of methoxy groups -OCH3 is 1. The third-order valence-electron chi connectivity index (χ3n) is 2.16. The third-order valence-corrected chi connectivity index (χ3v) is 2.35. The lowest BCUT2D eigenvalue weighted by Crippen LogP contribution is -2.02. The summed E-state index contributed by atoms with van der Waals surface area (Å²) in [5, 5.41) is 0.429. The Hall–Kier alpha value is -1.52. The summed E-state index contributed by atoms with van der Waals surface area (Å²) in [5.74, 6) is 0.589. The van der Waals surface area contributed by atoms with Gasteiger partial charge in [0, 0.05) is 25.4 Å². The van der Waals surface area contributed by atoms with Crippen LogP contribution in [0.4, 0.5) is 0 Å². The molecular formula is C12H12ClN3O. The topological polar surface area (TPSA) is 47.9 Å². The van der Waals surface area contributed by atoms with Gasteiger partial charge in [-0.05, 0) is 18.2 Å². The molecule has 0 bridgehead atoms. The number of rotatable bonds is 4. The van der Waals surface area contributed by atoms with Gasteiger partial charge in [0.25, 0.3) is 0 Å². The van der Waals surface area contributed by atoms with Crippen LogP contribution in [0.5, 0.6) is 0 Å². The van der Waals surface area contributed by atoms with Gasteiger partial charge in [-0.15, -0.1) is 0 Å². The Bertz CT molecular complexity index is 490. The van der Waals surface area contributed by atoms with Crippen molar-refractivity contribution in [2.45, 2.75) is 13.0 Å². The van der Waals surface area contributed by atoms with Crippen LogP contribution in [-0.4, -0.2) is 22.1 Å². The molecule has 0 N–H and O–H groups in total. The summed E-state index contributed by atoms with van der Waals surface area (Å²) in [4.78, 5) is 12.7. The number of nitrogens with zero attached hydrogens (tertiary/aromatic N) is 3. The highest BCUT2D eigenvalue weighted by Crippen LogP contribution is 2.11. The minimum Gasteiger partial charge on any atom is -0.377 e. The molecule has 0 unspecified atom stereocenters. The summed E-state index contributed by atoms with van der Waals surface area (Å²) in [6.45, 7) is 0.357. The minimum atomic E-state index is 0.357. The molecule has 2 heterocycles. The summed E-state index contributed by atoms with van der Waals surface area (Å²) >= 11 is 5.92. The Morgan fingerprint density at radius 3 is 2.82 bits per heavy atom. The van der Waals surface area contributed by atoms with Crippen molar-refractivity contribution in [1.29, 1.82) is 0 Å². The monoisotopic (exact) mass is 249 g/mol. The summed E-state index contributed by atoms with van der Waals surface area (Å²) in [7, 11) is 1.60. The maximum absolute atomic E-state index is 5.92. The smallest absolute Gasteiger partial charge is 0.155 e. The molecule has 0 saturated carbocycles. The van der Waals surface area contributed by atoms with E-state index in [-0.39, 0.29) is 0 Å². The number of hydrogen-bond donors (Lipinski definition) is 0. The van der Waals surface area contributed by atoms with E-state index >= 15 is 0 Å². The molecule has 0 aromatic carbocycles. The first kappa shape index (κ1) is 12.0. The van der Waals surface area contributed by atoms with Crippen LogP contribution in [0.3, 0.4) is 0 Å². The van der Waals surface area contributed by atoms with E-state index in [1.54, 1.807) is 19.4 Å². The Kier molecular flexibility index (Phi) is 4.01. The number of halogens is 1. The summed E-state index contributed by atoms with van der Waals surface area (Å²) in [6.07, 6.45) is 2.40. The lowest BCUT2D eigenvalue weighted by Gasteiger charge is -2.04. The summed E-state index contributed by atoms with van der Waals surface area (Å²) < 4.78 is 4.99. The number of ether oxygens (including phenoxy) is 1. The summed E-state index contributed by atoms with van der Waals surface area (Å²) in [5.41, 5.74) is 1.79. The molecule has 0 radical (unpaired) electrons. The SMILES string of the molecule is COCc1nc(Cl)cc(Cc2ccccn2)n1. The van der Waals surface area contributed by atoms with Gasteiger partial charge in [0.15, 0.2) is 5.82 Å². The van der Waals surface area contributed by atoms with Gasteiger partial charge in [0.1, 0.15) is 11.8 Å². The molecule has 0 aliphatic carbocycles. The van der Waals surface area contributed by atoms with Crippen molar-refractivity contribution in [2.75, 3.05) is 7.11 Å². The van der Waals surface area contributed by atoms with E-state index in [1.807, 2.05) is 18.2 Å². The van der Waals surface area contributed by atoms with E-state index < -0.39 is 0 Å². The molecule has 0 aliphatic rings. The quantitative estimate of drug-likeness (QED) is 0.780. The molecule has 0 amide bonds. The fraction of sp³-hybridized carbons (Fsp3) is 0.250. The van der Waals surface area contributed by atoms with Crippen molar-refractivity contribution in [1.82, 2.24) is 15.0 Å². The van der Waals surface area contributed by atoms with Crippen LogP contribution in [-0.2, 0) is 17.8 Å². The molecule has 0 spiro atoms. The minimum absolute atomic E-state index is 0.357. The molecule has 5 heteroatoms. The van der Waals surface area contributed by atoms with E-state index in [4.69, 9.17) is 16.3 Å². The predicted octanol–water partition coefficient (Wildman–Crippen LogP) is 2.26. The van der Waals surface area contributed by atoms with Gasteiger partial charge in [-0.3, -0.25) is 4.98 Å².